The quantitative estimate of drug-likeness (QED) is 0.283. The van der Waals surface area contributed by atoms with Crippen molar-refractivity contribution in [3.05, 3.63) is 78.1 Å². The zero-order valence-corrected chi connectivity index (χ0v) is 20.1. The number of aromatic nitrogens is 1. The fourth-order valence-corrected chi connectivity index (χ4v) is 5.49. The molecule has 0 fully saturated rings. The molecule has 2 amide bonds. The fraction of sp³-hybridized carbons (Fsp3) is 0.125. The summed E-state index contributed by atoms with van der Waals surface area (Å²) in [5, 5.41) is 5.66. The van der Waals surface area contributed by atoms with Crippen molar-refractivity contribution in [1.29, 1.82) is 0 Å². The van der Waals surface area contributed by atoms with Gasteiger partial charge in [0.2, 0.25) is 11.8 Å². The predicted molar refractivity (Wildman–Crippen MR) is 136 cm³/mol. The van der Waals surface area contributed by atoms with Gasteiger partial charge in [-0.05, 0) is 61.5 Å². The van der Waals surface area contributed by atoms with Crippen molar-refractivity contribution in [2.75, 3.05) is 22.1 Å². The summed E-state index contributed by atoms with van der Waals surface area (Å²) in [5.74, 6) is -0.0933. The number of thioether (sulfide) groups is 2. The van der Waals surface area contributed by atoms with Gasteiger partial charge < -0.3 is 10.6 Å². The largest absolute Gasteiger partial charge is 0.325 e. The molecular formula is C24H20FN3O2S3. The molecule has 0 bridgehead atoms. The van der Waals surface area contributed by atoms with Gasteiger partial charge in [-0.2, -0.15) is 0 Å². The zero-order valence-electron chi connectivity index (χ0n) is 17.6. The Kier molecular flexibility index (Phi) is 7.64. The Morgan fingerprint density at radius 3 is 2.24 bits per heavy atom. The Hall–Kier alpha value is -2.88. The van der Waals surface area contributed by atoms with Crippen molar-refractivity contribution in [3.8, 4) is 0 Å². The van der Waals surface area contributed by atoms with Crippen molar-refractivity contribution in [1.82, 2.24) is 4.98 Å². The molecule has 0 aliphatic rings. The molecule has 1 heterocycles. The van der Waals surface area contributed by atoms with E-state index in [1.165, 1.54) is 64.7 Å². The second-order valence-corrected chi connectivity index (χ2v) is 10.5. The monoisotopic (exact) mass is 497 g/mol. The minimum Gasteiger partial charge on any atom is -0.325 e. The third-order valence-electron chi connectivity index (χ3n) is 4.50. The van der Waals surface area contributed by atoms with E-state index in [1.54, 1.807) is 0 Å². The van der Waals surface area contributed by atoms with Crippen LogP contribution in [-0.4, -0.2) is 28.3 Å². The molecule has 2 N–H and O–H groups in total. The molecule has 0 saturated heterocycles. The lowest BCUT2D eigenvalue weighted by molar-refractivity contribution is -0.114. The number of hydrogen-bond donors (Lipinski definition) is 2. The molecule has 3 aromatic carbocycles. The molecule has 4 rings (SSSR count). The number of halogens is 1. The number of rotatable bonds is 8. The molecule has 4 aromatic rings. The Morgan fingerprint density at radius 2 is 1.52 bits per heavy atom. The summed E-state index contributed by atoms with van der Waals surface area (Å²) in [5.41, 5.74) is 3.26. The van der Waals surface area contributed by atoms with Crippen LogP contribution in [0, 0.1) is 12.7 Å². The Bertz CT molecular complexity index is 1270. The lowest BCUT2D eigenvalue weighted by Gasteiger charge is -2.05. The van der Waals surface area contributed by atoms with Gasteiger partial charge in [0, 0.05) is 16.3 Å². The Balaban J connectivity index is 1.30. The maximum Gasteiger partial charge on any atom is 0.234 e. The van der Waals surface area contributed by atoms with Gasteiger partial charge in [0.25, 0.3) is 0 Å². The molecular weight excluding hydrogens is 477 g/mol. The van der Waals surface area contributed by atoms with E-state index in [0.717, 1.165) is 19.5 Å². The van der Waals surface area contributed by atoms with Crippen LogP contribution in [0.3, 0.4) is 0 Å². The van der Waals surface area contributed by atoms with Gasteiger partial charge in [0.15, 0.2) is 4.34 Å². The molecule has 0 saturated carbocycles. The lowest BCUT2D eigenvalue weighted by atomic mass is 10.2. The molecule has 0 radical (unpaired) electrons. The van der Waals surface area contributed by atoms with Crippen LogP contribution in [0.15, 0.2) is 76.0 Å². The van der Waals surface area contributed by atoms with Crippen LogP contribution < -0.4 is 10.6 Å². The molecule has 0 aliphatic carbocycles. The van der Waals surface area contributed by atoms with E-state index >= 15 is 0 Å². The van der Waals surface area contributed by atoms with Crippen molar-refractivity contribution in [2.45, 2.75) is 16.2 Å². The van der Waals surface area contributed by atoms with E-state index in [1.807, 2.05) is 49.4 Å². The third kappa shape index (κ3) is 6.80. The maximum absolute atomic E-state index is 13.0. The van der Waals surface area contributed by atoms with E-state index in [4.69, 9.17) is 0 Å². The average Bonchev–Trinajstić information content (AvgIpc) is 3.21. The van der Waals surface area contributed by atoms with Crippen LogP contribution in [0.1, 0.15) is 5.56 Å². The summed E-state index contributed by atoms with van der Waals surface area (Å²) in [6.45, 7) is 2.03. The third-order valence-corrected chi connectivity index (χ3v) is 7.67. The molecule has 5 nitrogen and oxygen atoms in total. The zero-order chi connectivity index (χ0) is 23.2. The van der Waals surface area contributed by atoms with Gasteiger partial charge in [0.1, 0.15) is 5.82 Å². The minimum atomic E-state index is -0.350. The number of fused-ring (bicyclic) bond motifs is 1. The van der Waals surface area contributed by atoms with Crippen LogP contribution in [0.25, 0.3) is 10.2 Å². The second kappa shape index (κ2) is 10.8. The first-order chi connectivity index (χ1) is 15.9. The highest BCUT2D eigenvalue weighted by molar-refractivity contribution is 8.01. The second-order valence-electron chi connectivity index (χ2n) is 7.16. The highest BCUT2D eigenvalue weighted by atomic mass is 32.2. The van der Waals surface area contributed by atoms with Crippen molar-refractivity contribution < 1.29 is 14.0 Å². The average molecular weight is 498 g/mol. The van der Waals surface area contributed by atoms with Gasteiger partial charge in [-0.25, -0.2) is 9.37 Å². The summed E-state index contributed by atoms with van der Waals surface area (Å²) in [4.78, 5) is 30.1. The van der Waals surface area contributed by atoms with Gasteiger partial charge in [-0.1, -0.05) is 29.5 Å². The maximum atomic E-state index is 13.0. The Morgan fingerprint density at radius 1 is 0.879 bits per heavy atom. The predicted octanol–water partition coefficient (Wildman–Crippen LogP) is 6.21. The number of benzene rings is 3. The highest BCUT2D eigenvalue weighted by Gasteiger charge is 2.10. The number of hydrogen-bond acceptors (Lipinski definition) is 6. The molecule has 33 heavy (non-hydrogen) atoms. The van der Waals surface area contributed by atoms with Gasteiger partial charge in [-0.15, -0.1) is 23.1 Å². The van der Waals surface area contributed by atoms with E-state index in [2.05, 4.69) is 15.6 Å². The number of thiazole rings is 1. The van der Waals surface area contributed by atoms with Crippen molar-refractivity contribution in [2.24, 2.45) is 0 Å². The summed E-state index contributed by atoms with van der Waals surface area (Å²) >= 11 is 4.29. The van der Waals surface area contributed by atoms with E-state index < -0.39 is 0 Å². The van der Waals surface area contributed by atoms with Crippen LogP contribution in [-0.2, 0) is 9.59 Å². The van der Waals surface area contributed by atoms with Crippen LogP contribution >= 0.6 is 34.9 Å². The van der Waals surface area contributed by atoms with Gasteiger partial charge in [0.05, 0.1) is 21.7 Å². The van der Waals surface area contributed by atoms with Crippen LogP contribution in [0.4, 0.5) is 15.8 Å². The topological polar surface area (TPSA) is 71.1 Å². The van der Waals surface area contributed by atoms with E-state index in [9.17, 15) is 14.0 Å². The van der Waals surface area contributed by atoms with E-state index in [0.29, 0.717) is 17.1 Å². The molecule has 0 spiro atoms. The number of amides is 2. The van der Waals surface area contributed by atoms with Gasteiger partial charge in [-0.3, -0.25) is 9.59 Å². The number of nitrogens with one attached hydrogen (secondary N) is 2. The molecule has 0 aliphatic heterocycles. The van der Waals surface area contributed by atoms with Crippen molar-refractivity contribution in [3.63, 3.8) is 0 Å². The first kappa shape index (κ1) is 23.3. The standard InChI is InChI=1S/C24H20FN3O2S3/c1-15-2-9-19(10-3-15)31-13-22(29)27-18-8-11-20-21(12-18)33-24(28-20)32-14-23(30)26-17-6-4-16(25)5-7-17/h2-12H,13-14H2,1H3,(H,26,30)(H,27,29). The number of nitrogens with zero attached hydrogens (tertiary/aromatic N) is 1. The van der Waals surface area contributed by atoms with Crippen molar-refractivity contribution >= 4 is 68.3 Å². The fourth-order valence-electron chi connectivity index (χ4n) is 2.88. The summed E-state index contributed by atoms with van der Waals surface area (Å²) < 4.78 is 14.7. The Labute approximate surface area is 203 Å². The normalized spacial score (nSPS) is 10.8. The molecule has 9 heteroatoms. The molecule has 168 valence electrons. The van der Waals surface area contributed by atoms with Crippen LogP contribution in [0.2, 0.25) is 0 Å². The SMILES string of the molecule is Cc1ccc(SCC(=O)Nc2ccc3nc(SCC(=O)Nc4ccc(F)cc4)sc3c2)cc1. The van der Waals surface area contributed by atoms with E-state index in [-0.39, 0.29) is 23.4 Å². The van der Waals surface area contributed by atoms with Gasteiger partial charge >= 0.3 is 0 Å². The number of carbonyl (C=O) groups excluding carboxylic acids is 2. The lowest BCUT2D eigenvalue weighted by Crippen LogP contribution is -2.13. The molecule has 0 unspecified atom stereocenters. The number of carbonyl (C=O) groups is 2. The summed E-state index contributed by atoms with van der Waals surface area (Å²) in [6, 6.07) is 19.3. The summed E-state index contributed by atoms with van der Waals surface area (Å²) in [7, 11) is 0. The first-order valence-corrected chi connectivity index (χ1v) is 12.8. The number of aryl methyl sites for hydroxylation is 1. The number of anilines is 2. The molecule has 1 aromatic heterocycles. The molecule has 0 atom stereocenters. The summed E-state index contributed by atoms with van der Waals surface area (Å²) in [6.07, 6.45) is 0. The smallest absolute Gasteiger partial charge is 0.234 e. The van der Waals surface area contributed by atoms with Crippen LogP contribution in [0.5, 0.6) is 0 Å². The highest BCUT2D eigenvalue weighted by Crippen LogP contribution is 2.31. The first-order valence-electron chi connectivity index (χ1n) is 10.0. The minimum absolute atomic E-state index is 0.0727.